The van der Waals surface area contributed by atoms with E-state index in [1.807, 2.05) is 0 Å². The van der Waals surface area contributed by atoms with Gasteiger partial charge < -0.3 is 15.2 Å². The molecule has 5 heteroatoms. The number of hydrogen-bond acceptors (Lipinski definition) is 4. The third-order valence-corrected chi connectivity index (χ3v) is 4.56. The minimum absolute atomic E-state index is 0.172. The first-order valence-electron chi connectivity index (χ1n) is 7.98. The molecule has 1 heterocycles. The molecule has 0 bridgehead atoms. The van der Waals surface area contributed by atoms with E-state index < -0.39 is 17.8 Å². The van der Waals surface area contributed by atoms with Gasteiger partial charge in [-0.1, -0.05) is 32.4 Å². The van der Waals surface area contributed by atoms with E-state index in [2.05, 4.69) is 26.8 Å². The van der Waals surface area contributed by atoms with Gasteiger partial charge in [0.05, 0.1) is 6.61 Å². The zero-order valence-electron chi connectivity index (χ0n) is 14.0. The molecule has 0 saturated carbocycles. The second-order valence-corrected chi connectivity index (χ2v) is 7.61. The summed E-state index contributed by atoms with van der Waals surface area (Å²) in [5, 5.41) is 0. The molecule has 0 aromatic rings. The number of allylic oxidation sites excluding steroid dienone is 1. The Kier molecular flexibility index (Phi) is 4.66. The molecule has 3 atom stereocenters. The monoisotopic (exact) mass is 309 g/mol. The lowest BCUT2D eigenvalue weighted by Gasteiger charge is -2.39. The van der Waals surface area contributed by atoms with Crippen LogP contribution in [0.25, 0.3) is 0 Å². The number of epoxide rings is 1. The van der Waals surface area contributed by atoms with E-state index in [0.29, 0.717) is 6.61 Å². The molecule has 2 rings (SSSR count). The Bertz CT molecular complexity index is 485. The van der Waals surface area contributed by atoms with Crippen LogP contribution in [0.15, 0.2) is 11.6 Å². The maximum Gasteiger partial charge on any atom is 0.405 e. The SMILES string of the molecule is CC(C)(C)C(C1=CCCCC1)[C@H](OC(N)=O)C(=O)[C@@]1(C)CO1. The topological polar surface area (TPSA) is 81.9 Å². The van der Waals surface area contributed by atoms with Crippen molar-refractivity contribution in [1.29, 1.82) is 0 Å². The summed E-state index contributed by atoms with van der Waals surface area (Å²) in [5.41, 5.74) is 5.38. The van der Waals surface area contributed by atoms with Crippen LogP contribution in [0.1, 0.15) is 53.4 Å². The van der Waals surface area contributed by atoms with Crippen LogP contribution in [0.4, 0.5) is 4.79 Å². The van der Waals surface area contributed by atoms with E-state index >= 15 is 0 Å². The number of rotatable bonds is 5. The fourth-order valence-electron chi connectivity index (χ4n) is 3.30. The summed E-state index contributed by atoms with van der Waals surface area (Å²) < 4.78 is 10.6. The summed E-state index contributed by atoms with van der Waals surface area (Å²) in [7, 11) is 0. The Balaban J connectivity index is 2.36. The molecule has 22 heavy (non-hydrogen) atoms. The summed E-state index contributed by atoms with van der Waals surface area (Å²) in [6.45, 7) is 8.30. The highest BCUT2D eigenvalue weighted by Gasteiger charge is 2.54. The van der Waals surface area contributed by atoms with Crippen LogP contribution in [0.3, 0.4) is 0 Å². The zero-order chi connectivity index (χ0) is 16.5. The Morgan fingerprint density at radius 2 is 2.00 bits per heavy atom. The van der Waals surface area contributed by atoms with Gasteiger partial charge in [0.25, 0.3) is 0 Å². The van der Waals surface area contributed by atoms with Crippen molar-refractivity contribution in [2.24, 2.45) is 17.1 Å². The first kappa shape index (κ1) is 17.0. The Morgan fingerprint density at radius 3 is 2.41 bits per heavy atom. The number of carbonyl (C=O) groups excluding carboxylic acids is 2. The third-order valence-electron chi connectivity index (χ3n) is 4.56. The van der Waals surface area contributed by atoms with E-state index in [4.69, 9.17) is 15.2 Å². The van der Waals surface area contributed by atoms with Gasteiger partial charge in [-0.2, -0.15) is 0 Å². The largest absolute Gasteiger partial charge is 0.438 e. The fourth-order valence-corrected chi connectivity index (χ4v) is 3.30. The van der Waals surface area contributed by atoms with E-state index in [9.17, 15) is 9.59 Å². The van der Waals surface area contributed by atoms with E-state index in [1.54, 1.807) is 6.92 Å². The molecule has 1 aliphatic carbocycles. The molecule has 2 N–H and O–H groups in total. The summed E-state index contributed by atoms with van der Waals surface area (Å²) in [6, 6.07) is 0. The van der Waals surface area contributed by atoms with Crippen molar-refractivity contribution >= 4 is 11.9 Å². The van der Waals surface area contributed by atoms with Gasteiger partial charge in [0.1, 0.15) is 0 Å². The first-order valence-corrected chi connectivity index (χ1v) is 7.98. The normalized spacial score (nSPS) is 27.5. The molecular formula is C17H27NO4. The molecule has 0 aromatic carbocycles. The maximum absolute atomic E-state index is 12.8. The van der Waals surface area contributed by atoms with Crippen molar-refractivity contribution in [3.05, 3.63) is 11.6 Å². The summed E-state index contributed by atoms with van der Waals surface area (Å²) in [5.74, 6) is -0.355. The van der Waals surface area contributed by atoms with Crippen molar-refractivity contribution in [3.8, 4) is 0 Å². The number of primary amides is 1. The molecule has 1 saturated heterocycles. The van der Waals surface area contributed by atoms with Gasteiger partial charge >= 0.3 is 6.09 Å². The maximum atomic E-state index is 12.8. The number of carbonyl (C=O) groups is 2. The standard InChI is InChI=1S/C17H27NO4/c1-16(2,3)12(11-8-6-5-7-9-11)13(22-15(18)20)14(19)17(4)10-21-17/h8,12-13H,5-7,9-10H2,1-4H3,(H2,18,20)/t12?,13-,17+/m0/s1. The highest BCUT2D eigenvalue weighted by molar-refractivity contribution is 5.94. The zero-order valence-corrected chi connectivity index (χ0v) is 14.0. The van der Waals surface area contributed by atoms with Crippen LogP contribution < -0.4 is 5.73 Å². The number of ether oxygens (including phenoxy) is 2. The number of nitrogens with two attached hydrogens (primary N) is 1. The van der Waals surface area contributed by atoms with Gasteiger partial charge in [-0.25, -0.2) is 4.79 Å². The minimum Gasteiger partial charge on any atom is -0.438 e. The van der Waals surface area contributed by atoms with E-state index in [0.717, 1.165) is 25.7 Å². The van der Waals surface area contributed by atoms with E-state index in [-0.39, 0.29) is 17.1 Å². The molecular weight excluding hydrogens is 282 g/mol. The highest BCUT2D eigenvalue weighted by Crippen LogP contribution is 2.43. The van der Waals surface area contributed by atoms with E-state index in [1.165, 1.54) is 5.57 Å². The molecule has 1 amide bonds. The average molecular weight is 309 g/mol. The van der Waals surface area contributed by atoms with Crippen molar-refractivity contribution < 1.29 is 19.1 Å². The number of Topliss-reactive ketones (excluding diaryl/α,β-unsaturated/α-hetero) is 1. The lowest BCUT2D eigenvalue weighted by Crippen LogP contribution is -2.47. The average Bonchev–Trinajstić information content (AvgIpc) is 3.15. The fraction of sp³-hybridized carbons (Fsp3) is 0.765. The molecule has 5 nitrogen and oxygen atoms in total. The molecule has 0 radical (unpaired) electrons. The van der Waals surface area contributed by atoms with Crippen LogP contribution in [-0.2, 0) is 14.3 Å². The Labute approximate surface area is 132 Å². The van der Waals surface area contributed by atoms with Crippen molar-refractivity contribution in [3.63, 3.8) is 0 Å². The van der Waals surface area contributed by atoms with Crippen LogP contribution in [0, 0.1) is 11.3 Å². The van der Waals surface area contributed by atoms with Gasteiger partial charge in [-0.05, 0) is 38.0 Å². The number of ketones is 1. The molecule has 0 spiro atoms. The van der Waals surface area contributed by atoms with Crippen LogP contribution in [-0.4, -0.2) is 30.2 Å². The Hall–Kier alpha value is -1.36. The predicted octanol–water partition coefficient (Wildman–Crippen LogP) is 2.97. The number of hydrogen-bond donors (Lipinski definition) is 1. The number of amides is 1. The van der Waals surface area contributed by atoms with Gasteiger partial charge in [0.2, 0.25) is 5.78 Å². The minimum atomic E-state index is -0.909. The van der Waals surface area contributed by atoms with Crippen LogP contribution >= 0.6 is 0 Å². The van der Waals surface area contributed by atoms with Crippen molar-refractivity contribution in [2.75, 3.05) is 6.61 Å². The van der Waals surface area contributed by atoms with Gasteiger partial charge in [-0.3, -0.25) is 4.79 Å². The molecule has 124 valence electrons. The quantitative estimate of drug-likeness (QED) is 0.625. The molecule has 1 aliphatic heterocycles. The molecule has 1 unspecified atom stereocenters. The summed E-state index contributed by atoms with van der Waals surface area (Å²) >= 11 is 0. The lowest BCUT2D eigenvalue weighted by atomic mass is 9.68. The van der Waals surface area contributed by atoms with Gasteiger partial charge in [0.15, 0.2) is 11.7 Å². The second-order valence-electron chi connectivity index (χ2n) is 7.61. The van der Waals surface area contributed by atoms with Gasteiger partial charge in [0, 0.05) is 5.92 Å². The molecule has 2 aliphatic rings. The smallest absolute Gasteiger partial charge is 0.405 e. The predicted molar refractivity (Wildman–Crippen MR) is 83.3 cm³/mol. The molecule has 0 aromatic heterocycles. The first-order chi connectivity index (χ1) is 10.1. The van der Waals surface area contributed by atoms with Crippen molar-refractivity contribution in [1.82, 2.24) is 0 Å². The molecule has 1 fully saturated rings. The van der Waals surface area contributed by atoms with Crippen LogP contribution in [0.5, 0.6) is 0 Å². The third kappa shape index (κ3) is 3.69. The lowest BCUT2D eigenvalue weighted by molar-refractivity contribution is -0.136. The Morgan fingerprint density at radius 1 is 1.36 bits per heavy atom. The summed E-state index contributed by atoms with van der Waals surface area (Å²) in [4.78, 5) is 24.2. The van der Waals surface area contributed by atoms with Crippen LogP contribution in [0.2, 0.25) is 0 Å². The van der Waals surface area contributed by atoms with Gasteiger partial charge in [-0.15, -0.1) is 0 Å². The summed E-state index contributed by atoms with van der Waals surface area (Å²) in [6.07, 6.45) is 4.61. The van der Waals surface area contributed by atoms with Crippen molar-refractivity contribution in [2.45, 2.75) is 65.1 Å². The highest BCUT2D eigenvalue weighted by atomic mass is 16.6. The second kappa shape index (κ2) is 6.03.